The Labute approximate surface area is 173 Å². The molecule has 29 heavy (non-hydrogen) atoms. The van der Waals surface area contributed by atoms with Crippen LogP contribution < -0.4 is 14.8 Å². The van der Waals surface area contributed by atoms with Crippen LogP contribution in [0.5, 0.6) is 5.75 Å². The SMILES string of the molecule is COc1ccc([C@H]2C[C@@H](c3ccc(Cl)cc3)Nc3nc(NS(C)(=O)=O)nn32)cc1. The maximum Gasteiger partial charge on any atom is 0.257 e. The topological polar surface area (TPSA) is 98.1 Å². The minimum Gasteiger partial charge on any atom is -0.497 e. The molecule has 1 aliphatic rings. The van der Waals surface area contributed by atoms with Crippen molar-refractivity contribution in [2.75, 3.05) is 23.4 Å². The van der Waals surface area contributed by atoms with Gasteiger partial charge in [0.15, 0.2) is 0 Å². The lowest BCUT2D eigenvalue weighted by Gasteiger charge is -2.31. The molecule has 3 aromatic rings. The third-order valence-electron chi connectivity index (χ3n) is 4.74. The number of sulfonamides is 1. The van der Waals surface area contributed by atoms with Crippen molar-refractivity contribution in [1.29, 1.82) is 0 Å². The van der Waals surface area contributed by atoms with Gasteiger partial charge in [0.25, 0.3) is 5.95 Å². The largest absolute Gasteiger partial charge is 0.497 e. The van der Waals surface area contributed by atoms with E-state index >= 15 is 0 Å². The molecule has 2 atom stereocenters. The van der Waals surface area contributed by atoms with E-state index in [1.54, 1.807) is 11.8 Å². The van der Waals surface area contributed by atoms with Gasteiger partial charge >= 0.3 is 0 Å². The van der Waals surface area contributed by atoms with Gasteiger partial charge < -0.3 is 10.1 Å². The van der Waals surface area contributed by atoms with Crippen LogP contribution >= 0.6 is 11.6 Å². The molecule has 10 heteroatoms. The Kier molecular flexibility index (Phi) is 5.10. The van der Waals surface area contributed by atoms with Gasteiger partial charge in [-0.05, 0) is 41.8 Å². The van der Waals surface area contributed by atoms with E-state index in [1.165, 1.54) is 0 Å². The van der Waals surface area contributed by atoms with Crippen molar-refractivity contribution in [2.45, 2.75) is 18.5 Å². The first-order chi connectivity index (χ1) is 13.8. The summed E-state index contributed by atoms with van der Waals surface area (Å²) < 4.78 is 32.5. The van der Waals surface area contributed by atoms with Crippen molar-refractivity contribution >= 4 is 33.5 Å². The Morgan fingerprint density at radius 1 is 1.14 bits per heavy atom. The predicted molar refractivity (Wildman–Crippen MR) is 112 cm³/mol. The highest BCUT2D eigenvalue weighted by Gasteiger charge is 2.31. The van der Waals surface area contributed by atoms with Crippen LogP contribution in [0.25, 0.3) is 0 Å². The Morgan fingerprint density at radius 3 is 2.41 bits per heavy atom. The van der Waals surface area contributed by atoms with Crippen molar-refractivity contribution < 1.29 is 13.2 Å². The summed E-state index contributed by atoms with van der Waals surface area (Å²) in [7, 11) is -1.87. The van der Waals surface area contributed by atoms with Gasteiger partial charge in [0, 0.05) is 5.02 Å². The molecule has 8 nitrogen and oxygen atoms in total. The summed E-state index contributed by atoms with van der Waals surface area (Å²) in [5.74, 6) is 1.28. The molecule has 0 aliphatic carbocycles. The minimum absolute atomic E-state index is 0.0327. The fraction of sp³-hybridized carbons (Fsp3) is 0.263. The molecule has 0 amide bonds. The van der Waals surface area contributed by atoms with Gasteiger partial charge in [-0.2, -0.15) is 4.98 Å². The third-order valence-corrected chi connectivity index (χ3v) is 5.54. The molecule has 4 rings (SSSR count). The van der Waals surface area contributed by atoms with Crippen LogP contribution in [0, 0.1) is 0 Å². The van der Waals surface area contributed by atoms with Gasteiger partial charge in [-0.1, -0.05) is 35.9 Å². The lowest BCUT2D eigenvalue weighted by molar-refractivity contribution is 0.411. The first-order valence-corrected chi connectivity index (χ1v) is 11.2. The Balaban J connectivity index is 1.74. The van der Waals surface area contributed by atoms with Crippen LogP contribution in [0.3, 0.4) is 0 Å². The third kappa shape index (κ3) is 4.30. The number of fused-ring (bicyclic) bond motifs is 1. The van der Waals surface area contributed by atoms with Gasteiger partial charge in [-0.15, -0.1) is 5.10 Å². The van der Waals surface area contributed by atoms with Gasteiger partial charge in [0.05, 0.1) is 25.4 Å². The normalized spacial score (nSPS) is 18.6. The van der Waals surface area contributed by atoms with Crippen LogP contribution in [0.1, 0.15) is 29.6 Å². The number of halogens is 1. The quantitative estimate of drug-likeness (QED) is 0.639. The zero-order chi connectivity index (χ0) is 20.6. The molecule has 2 N–H and O–H groups in total. The summed E-state index contributed by atoms with van der Waals surface area (Å²) in [6, 6.07) is 15.2. The van der Waals surface area contributed by atoms with E-state index < -0.39 is 10.0 Å². The zero-order valence-electron chi connectivity index (χ0n) is 15.8. The van der Waals surface area contributed by atoms with Gasteiger partial charge in [-0.25, -0.2) is 13.1 Å². The van der Waals surface area contributed by atoms with Crippen LogP contribution in [-0.2, 0) is 10.0 Å². The van der Waals surface area contributed by atoms with Crippen molar-refractivity contribution in [3.05, 3.63) is 64.7 Å². The number of hydrogen-bond donors (Lipinski definition) is 2. The average molecular weight is 434 g/mol. The second kappa shape index (κ2) is 7.57. The summed E-state index contributed by atoms with van der Waals surface area (Å²) in [5.41, 5.74) is 2.07. The van der Waals surface area contributed by atoms with E-state index in [1.807, 2.05) is 48.5 Å². The molecule has 0 bridgehead atoms. The number of benzene rings is 2. The number of anilines is 2. The van der Waals surface area contributed by atoms with E-state index in [0.717, 1.165) is 23.1 Å². The molecular formula is C19H20ClN5O3S. The van der Waals surface area contributed by atoms with Crippen LogP contribution in [0.15, 0.2) is 48.5 Å². The predicted octanol–water partition coefficient (Wildman–Crippen LogP) is 3.46. The maximum atomic E-state index is 11.6. The van der Waals surface area contributed by atoms with Crippen LogP contribution in [0.4, 0.5) is 11.9 Å². The molecule has 1 aliphatic heterocycles. The fourth-order valence-electron chi connectivity index (χ4n) is 3.40. The van der Waals surface area contributed by atoms with E-state index in [4.69, 9.17) is 16.3 Å². The number of hydrogen-bond acceptors (Lipinski definition) is 6. The molecule has 0 unspecified atom stereocenters. The summed E-state index contributed by atoms with van der Waals surface area (Å²) >= 11 is 6.03. The standard InChI is InChI=1S/C19H20ClN5O3S/c1-28-15-9-5-13(6-10-15)17-11-16(12-3-7-14(20)8-4-12)21-19-22-18(23-25(17)19)24-29(2,26)27/h3-10,16-17H,11H2,1-2H3,(H2,21,22,23,24)/t16-,17+/m0/s1. The monoisotopic (exact) mass is 433 g/mol. The maximum absolute atomic E-state index is 11.6. The molecule has 0 saturated heterocycles. The van der Waals surface area contributed by atoms with Crippen molar-refractivity contribution in [3.8, 4) is 5.75 Å². The first-order valence-electron chi connectivity index (χ1n) is 8.92. The summed E-state index contributed by atoms with van der Waals surface area (Å²) in [6.45, 7) is 0. The number of rotatable bonds is 5. The molecule has 0 spiro atoms. The molecule has 152 valence electrons. The number of aromatic nitrogens is 3. The van der Waals surface area contributed by atoms with E-state index in [0.29, 0.717) is 17.4 Å². The molecule has 2 aromatic carbocycles. The molecular weight excluding hydrogens is 414 g/mol. The minimum atomic E-state index is -3.49. The average Bonchev–Trinajstić information content (AvgIpc) is 3.08. The lowest BCUT2D eigenvalue weighted by atomic mass is 9.93. The smallest absolute Gasteiger partial charge is 0.257 e. The first kappa shape index (κ1) is 19.5. The summed E-state index contributed by atoms with van der Waals surface area (Å²) in [4.78, 5) is 4.34. The van der Waals surface area contributed by atoms with Crippen LogP contribution in [0.2, 0.25) is 5.02 Å². The zero-order valence-corrected chi connectivity index (χ0v) is 17.4. The van der Waals surface area contributed by atoms with E-state index in [9.17, 15) is 8.42 Å². The van der Waals surface area contributed by atoms with Crippen molar-refractivity contribution in [1.82, 2.24) is 14.8 Å². The number of nitrogens with zero attached hydrogens (tertiary/aromatic N) is 3. The number of ether oxygens (including phenoxy) is 1. The second-order valence-corrected chi connectivity index (χ2v) is 9.04. The van der Waals surface area contributed by atoms with E-state index in [2.05, 4.69) is 20.1 Å². The Morgan fingerprint density at radius 2 is 1.79 bits per heavy atom. The summed E-state index contributed by atoms with van der Waals surface area (Å²) in [6.07, 6.45) is 1.76. The highest BCUT2D eigenvalue weighted by atomic mass is 35.5. The molecule has 0 radical (unpaired) electrons. The Hall–Kier alpha value is -2.78. The molecule has 0 fully saturated rings. The molecule has 2 heterocycles. The van der Waals surface area contributed by atoms with Crippen molar-refractivity contribution in [2.24, 2.45) is 0 Å². The highest BCUT2D eigenvalue weighted by molar-refractivity contribution is 7.91. The van der Waals surface area contributed by atoms with Gasteiger partial charge in [0.2, 0.25) is 16.0 Å². The highest BCUT2D eigenvalue weighted by Crippen LogP contribution is 2.38. The summed E-state index contributed by atoms with van der Waals surface area (Å²) in [5, 5.41) is 8.39. The van der Waals surface area contributed by atoms with Crippen molar-refractivity contribution in [3.63, 3.8) is 0 Å². The molecule has 0 saturated carbocycles. The number of methoxy groups -OCH3 is 1. The molecule has 1 aromatic heterocycles. The number of nitrogens with one attached hydrogen (secondary N) is 2. The fourth-order valence-corrected chi connectivity index (χ4v) is 3.95. The Bertz CT molecular complexity index is 1110. The van der Waals surface area contributed by atoms with Crippen LogP contribution in [-0.4, -0.2) is 36.5 Å². The van der Waals surface area contributed by atoms with Gasteiger partial charge in [-0.3, -0.25) is 4.72 Å². The second-order valence-electron chi connectivity index (χ2n) is 6.85. The van der Waals surface area contributed by atoms with E-state index in [-0.39, 0.29) is 18.0 Å². The lowest BCUT2D eigenvalue weighted by Crippen LogP contribution is -2.28. The van der Waals surface area contributed by atoms with Gasteiger partial charge in [0.1, 0.15) is 5.75 Å².